The molecule has 0 unspecified atom stereocenters. The van der Waals surface area contributed by atoms with Gasteiger partial charge in [-0.1, -0.05) is 18.2 Å². The molecule has 0 aliphatic heterocycles. The molecule has 0 saturated heterocycles. The molecule has 2 aromatic rings. The van der Waals surface area contributed by atoms with Gasteiger partial charge in [-0.2, -0.15) is 13.2 Å². The van der Waals surface area contributed by atoms with Gasteiger partial charge in [-0.3, -0.25) is 0 Å². The molecule has 0 bridgehead atoms. The van der Waals surface area contributed by atoms with Crippen molar-refractivity contribution in [1.29, 1.82) is 0 Å². The van der Waals surface area contributed by atoms with Crippen LogP contribution in [-0.2, 0) is 19.3 Å². The number of hydrogen-bond acceptors (Lipinski definition) is 3. The number of benzene rings is 2. The summed E-state index contributed by atoms with van der Waals surface area (Å²) in [5.74, 6) is 1.01. The van der Waals surface area contributed by atoms with Gasteiger partial charge in [0.15, 0.2) is 17.5 Å². The molecule has 0 heterocycles. The maximum Gasteiger partial charge on any atom is 0.416 e. The lowest BCUT2D eigenvalue weighted by Gasteiger charge is -2.13. The van der Waals surface area contributed by atoms with Crippen molar-refractivity contribution in [3.05, 3.63) is 59.2 Å². The zero-order valence-electron chi connectivity index (χ0n) is 16.2. The van der Waals surface area contributed by atoms with E-state index in [1.165, 1.54) is 12.1 Å². The van der Waals surface area contributed by atoms with Crippen molar-refractivity contribution < 1.29 is 23.0 Å². The molecule has 2 aromatic carbocycles. The Balaban J connectivity index is 0.00000420. The monoisotopic (exact) mass is 523 g/mol. The molecule has 0 saturated carbocycles. The first-order chi connectivity index (χ1) is 13.3. The smallest absolute Gasteiger partial charge is 0.416 e. The molecule has 2 rings (SSSR count). The first kappa shape index (κ1) is 24.9. The lowest BCUT2D eigenvalue weighted by Crippen LogP contribution is -2.36. The summed E-state index contributed by atoms with van der Waals surface area (Å²) in [5.41, 5.74) is 0.893. The number of phenols is 1. The number of guanidine groups is 1. The summed E-state index contributed by atoms with van der Waals surface area (Å²) >= 11 is 0. The maximum atomic E-state index is 12.6. The largest absolute Gasteiger partial charge is 0.504 e. The average Bonchev–Trinajstić information content (AvgIpc) is 2.66. The van der Waals surface area contributed by atoms with Crippen LogP contribution in [0.2, 0.25) is 0 Å². The highest BCUT2D eigenvalue weighted by Gasteiger charge is 2.29. The topological polar surface area (TPSA) is 65.9 Å². The first-order valence-electron chi connectivity index (χ1n) is 8.96. The van der Waals surface area contributed by atoms with E-state index in [9.17, 15) is 18.3 Å². The molecule has 0 amide bonds. The molecule has 0 radical (unpaired) electrons. The van der Waals surface area contributed by atoms with Crippen LogP contribution in [-0.4, -0.2) is 24.2 Å². The predicted octanol–water partition coefficient (Wildman–Crippen LogP) is 4.68. The van der Waals surface area contributed by atoms with Gasteiger partial charge in [0.05, 0.1) is 18.7 Å². The third kappa shape index (κ3) is 8.00. The van der Waals surface area contributed by atoms with Gasteiger partial charge in [0.25, 0.3) is 0 Å². The molecule has 29 heavy (non-hydrogen) atoms. The minimum atomic E-state index is -4.34. The van der Waals surface area contributed by atoms with Gasteiger partial charge in [0, 0.05) is 13.1 Å². The van der Waals surface area contributed by atoms with Gasteiger partial charge in [0.1, 0.15) is 0 Å². The van der Waals surface area contributed by atoms with Crippen molar-refractivity contribution >= 4 is 29.9 Å². The minimum Gasteiger partial charge on any atom is -0.504 e. The number of alkyl halides is 3. The van der Waals surface area contributed by atoms with E-state index in [1.54, 1.807) is 18.2 Å². The highest BCUT2D eigenvalue weighted by Crippen LogP contribution is 2.29. The van der Waals surface area contributed by atoms with Gasteiger partial charge in [0.2, 0.25) is 0 Å². The minimum absolute atomic E-state index is 0. The number of ether oxygens (including phenoxy) is 1. The lowest BCUT2D eigenvalue weighted by atomic mass is 10.1. The van der Waals surface area contributed by atoms with Crippen LogP contribution >= 0.6 is 24.0 Å². The fourth-order valence-electron chi connectivity index (χ4n) is 2.44. The third-order valence-electron chi connectivity index (χ3n) is 3.83. The fraction of sp³-hybridized carbons (Fsp3) is 0.350. The van der Waals surface area contributed by atoms with E-state index in [0.29, 0.717) is 43.5 Å². The van der Waals surface area contributed by atoms with Gasteiger partial charge in [-0.25, -0.2) is 4.99 Å². The average molecular weight is 523 g/mol. The van der Waals surface area contributed by atoms with Crippen LogP contribution in [0.4, 0.5) is 13.2 Å². The molecule has 0 aromatic heterocycles. The lowest BCUT2D eigenvalue weighted by molar-refractivity contribution is -0.137. The standard InChI is InChI=1S/C20H24F3N3O2.HI/c1-3-24-19(25-12-14-5-8-16(9-6-14)20(21,22)23)26-13-15-7-10-17(27)18(11-15)28-4-2;/h5-11,27H,3-4,12-13H2,1-2H3,(H2,24,25,26);1H. The summed E-state index contributed by atoms with van der Waals surface area (Å²) in [7, 11) is 0. The SMILES string of the molecule is CCNC(=NCc1ccc(O)c(OCC)c1)NCc1ccc(C(F)(F)F)cc1.I. The van der Waals surface area contributed by atoms with Crippen LogP contribution in [0.5, 0.6) is 11.5 Å². The van der Waals surface area contributed by atoms with Crippen molar-refractivity contribution in [3.8, 4) is 11.5 Å². The van der Waals surface area contributed by atoms with E-state index in [-0.39, 0.29) is 29.7 Å². The Hall–Kier alpha value is -2.17. The Morgan fingerprint density at radius 2 is 1.69 bits per heavy atom. The number of rotatable bonds is 7. The Labute approximate surface area is 185 Å². The zero-order chi connectivity index (χ0) is 20.6. The number of phenolic OH excluding ortho intramolecular Hbond substituents is 1. The number of aliphatic imine (C=N–C) groups is 1. The summed E-state index contributed by atoms with van der Waals surface area (Å²) in [4.78, 5) is 4.46. The summed E-state index contributed by atoms with van der Waals surface area (Å²) in [6.45, 7) is 5.52. The zero-order valence-corrected chi connectivity index (χ0v) is 18.5. The summed E-state index contributed by atoms with van der Waals surface area (Å²) in [6, 6.07) is 10.0. The molecule has 5 nitrogen and oxygen atoms in total. The van der Waals surface area contributed by atoms with Crippen LogP contribution in [0.15, 0.2) is 47.5 Å². The molecule has 9 heteroatoms. The van der Waals surface area contributed by atoms with Crippen LogP contribution in [0, 0.1) is 0 Å². The van der Waals surface area contributed by atoms with Crippen molar-refractivity contribution in [1.82, 2.24) is 10.6 Å². The molecule has 0 aliphatic rings. The first-order valence-corrected chi connectivity index (χ1v) is 8.96. The van der Waals surface area contributed by atoms with Gasteiger partial charge < -0.3 is 20.5 Å². The molecule has 0 spiro atoms. The van der Waals surface area contributed by atoms with Gasteiger partial charge >= 0.3 is 6.18 Å². The third-order valence-corrected chi connectivity index (χ3v) is 3.83. The van der Waals surface area contributed by atoms with Crippen LogP contribution in [0.1, 0.15) is 30.5 Å². The second-order valence-corrected chi connectivity index (χ2v) is 5.98. The van der Waals surface area contributed by atoms with Crippen molar-refractivity contribution in [2.24, 2.45) is 4.99 Å². The van der Waals surface area contributed by atoms with E-state index in [0.717, 1.165) is 17.7 Å². The van der Waals surface area contributed by atoms with Crippen molar-refractivity contribution in [2.75, 3.05) is 13.2 Å². The quantitative estimate of drug-likeness (QED) is 0.280. The second kappa shape index (κ2) is 11.7. The molecule has 160 valence electrons. The number of aromatic hydroxyl groups is 1. The number of halogens is 4. The molecule has 0 aliphatic carbocycles. The predicted molar refractivity (Wildman–Crippen MR) is 118 cm³/mol. The van der Waals surface area contributed by atoms with Crippen LogP contribution < -0.4 is 15.4 Å². The van der Waals surface area contributed by atoms with Gasteiger partial charge in [-0.15, -0.1) is 24.0 Å². The number of nitrogens with one attached hydrogen (secondary N) is 2. The summed E-state index contributed by atoms with van der Waals surface area (Å²) < 4.78 is 43.2. The second-order valence-electron chi connectivity index (χ2n) is 5.98. The normalized spacial score (nSPS) is 11.6. The van der Waals surface area contributed by atoms with Crippen molar-refractivity contribution in [3.63, 3.8) is 0 Å². The van der Waals surface area contributed by atoms with Gasteiger partial charge in [-0.05, 0) is 49.2 Å². The molecule has 0 atom stereocenters. The van der Waals surface area contributed by atoms with Crippen LogP contribution in [0.3, 0.4) is 0 Å². The maximum absolute atomic E-state index is 12.6. The van der Waals surface area contributed by atoms with E-state index in [4.69, 9.17) is 4.74 Å². The summed E-state index contributed by atoms with van der Waals surface area (Å²) in [5, 5.41) is 15.9. The van der Waals surface area contributed by atoms with E-state index in [1.807, 2.05) is 13.8 Å². The number of hydrogen-bond donors (Lipinski definition) is 3. The van der Waals surface area contributed by atoms with E-state index < -0.39 is 11.7 Å². The molecular formula is C20H25F3IN3O2. The Bertz CT molecular complexity index is 797. The van der Waals surface area contributed by atoms with Crippen LogP contribution in [0.25, 0.3) is 0 Å². The molecule has 0 fully saturated rings. The Kier molecular flexibility index (Phi) is 10.1. The molecule has 3 N–H and O–H groups in total. The summed E-state index contributed by atoms with van der Waals surface area (Å²) in [6.07, 6.45) is -4.34. The van der Waals surface area contributed by atoms with E-state index in [2.05, 4.69) is 15.6 Å². The fourth-order valence-corrected chi connectivity index (χ4v) is 2.44. The molecular weight excluding hydrogens is 498 g/mol. The Morgan fingerprint density at radius 3 is 2.28 bits per heavy atom. The number of nitrogens with zero attached hydrogens (tertiary/aromatic N) is 1. The highest BCUT2D eigenvalue weighted by molar-refractivity contribution is 14.0. The Morgan fingerprint density at radius 1 is 1.03 bits per heavy atom. The highest BCUT2D eigenvalue weighted by atomic mass is 127. The van der Waals surface area contributed by atoms with Crippen molar-refractivity contribution in [2.45, 2.75) is 33.1 Å². The van der Waals surface area contributed by atoms with E-state index >= 15 is 0 Å².